The fourth-order valence-corrected chi connectivity index (χ4v) is 2.87. The van der Waals surface area contributed by atoms with Gasteiger partial charge in [-0.3, -0.25) is 0 Å². The average Bonchev–Trinajstić information content (AvgIpc) is 2.60. The number of likely N-dealkylation sites (tertiary alicyclic amines) is 1. The Morgan fingerprint density at radius 2 is 2.45 bits per heavy atom. The Hall–Kier alpha value is -0.0800. The van der Waals surface area contributed by atoms with Crippen LogP contribution in [0.3, 0.4) is 0 Å². The Kier molecular flexibility index (Phi) is 1.06. The molecule has 3 aliphatic rings. The van der Waals surface area contributed by atoms with E-state index in [0.29, 0.717) is 5.60 Å². The summed E-state index contributed by atoms with van der Waals surface area (Å²) < 4.78 is 5.89. The zero-order valence-corrected chi connectivity index (χ0v) is 7.05. The summed E-state index contributed by atoms with van der Waals surface area (Å²) in [6, 6.07) is 0. The molecule has 0 amide bonds. The molecule has 1 spiro atoms. The number of ether oxygens (including phenoxy) is 1. The molecule has 0 radical (unpaired) electrons. The van der Waals surface area contributed by atoms with E-state index in [1.54, 1.807) is 0 Å². The Labute approximate surface area is 67.5 Å². The summed E-state index contributed by atoms with van der Waals surface area (Å²) in [7, 11) is 2.20. The number of likely N-dealkylation sites (N-methyl/N-ethyl adjacent to an activating group) is 1. The SMILES string of the molecule is CN1CCC2(C1)OCC1CC12. The third kappa shape index (κ3) is 0.744. The molecule has 3 fully saturated rings. The van der Waals surface area contributed by atoms with Crippen LogP contribution in [0.5, 0.6) is 0 Å². The van der Waals surface area contributed by atoms with Crippen LogP contribution in [0.25, 0.3) is 0 Å². The predicted octanol–water partition coefficient (Wildman–Crippen LogP) is 0.727. The lowest BCUT2D eigenvalue weighted by molar-refractivity contribution is -0.0143. The van der Waals surface area contributed by atoms with E-state index in [0.717, 1.165) is 18.4 Å². The van der Waals surface area contributed by atoms with Gasteiger partial charge in [-0.15, -0.1) is 0 Å². The van der Waals surface area contributed by atoms with Crippen molar-refractivity contribution in [1.82, 2.24) is 4.90 Å². The molecular weight excluding hydrogens is 138 g/mol. The molecule has 3 unspecified atom stereocenters. The summed E-state index contributed by atoms with van der Waals surface area (Å²) in [5.74, 6) is 1.88. The molecule has 3 rings (SSSR count). The van der Waals surface area contributed by atoms with E-state index in [4.69, 9.17) is 4.74 Å². The van der Waals surface area contributed by atoms with E-state index in [9.17, 15) is 0 Å². The minimum Gasteiger partial charge on any atom is -0.373 e. The monoisotopic (exact) mass is 153 g/mol. The summed E-state index contributed by atoms with van der Waals surface area (Å²) >= 11 is 0. The molecule has 2 nitrogen and oxygen atoms in total. The standard InChI is InChI=1S/C9H15NO/c1-10-3-2-9(6-10)8-4-7(8)5-11-9/h7-8H,2-6H2,1H3. The van der Waals surface area contributed by atoms with Crippen LogP contribution in [-0.2, 0) is 4.74 Å². The second kappa shape index (κ2) is 1.80. The molecule has 2 aliphatic heterocycles. The van der Waals surface area contributed by atoms with Crippen LogP contribution < -0.4 is 0 Å². The summed E-state index contributed by atoms with van der Waals surface area (Å²) in [4.78, 5) is 2.40. The van der Waals surface area contributed by atoms with Gasteiger partial charge in [0.15, 0.2) is 0 Å². The van der Waals surface area contributed by atoms with E-state index in [1.807, 2.05) is 0 Å². The zero-order valence-electron chi connectivity index (χ0n) is 7.05. The van der Waals surface area contributed by atoms with Crippen LogP contribution in [0, 0.1) is 11.8 Å². The fourth-order valence-electron chi connectivity index (χ4n) is 2.87. The molecule has 0 bridgehead atoms. The lowest BCUT2D eigenvalue weighted by atomic mass is 9.97. The first kappa shape index (κ1) is 6.44. The van der Waals surface area contributed by atoms with Crippen molar-refractivity contribution in [1.29, 1.82) is 0 Å². The summed E-state index contributed by atoms with van der Waals surface area (Å²) in [6.45, 7) is 3.48. The van der Waals surface area contributed by atoms with Crippen molar-refractivity contribution in [2.24, 2.45) is 11.8 Å². The Bertz CT molecular complexity index is 194. The van der Waals surface area contributed by atoms with Crippen LogP contribution in [0.15, 0.2) is 0 Å². The second-order valence-electron chi connectivity index (χ2n) is 4.47. The summed E-state index contributed by atoms with van der Waals surface area (Å²) in [5, 5.41) is 0. The van der Waals surface area contributed by atoms with Crippen molar-refractivity contribution in [2.75, 3.05) is 26.7 Å². The minimum atomic E-state index is 0.319. The van der Waals surface area contributed by atoms with Crippen molar-refractivity contribution < 1.29 is 4.74 Å². The molecule has 11 heavy (non-hydrogen) atoms. The van der Waals surface area contributed by atoms with Crippen molar-refractivity contribution in [2.45, 2.75) is 18.4 Å². The molecule has 0 aromatic carbocycles. The Morgan fingerprint density at radius 3 is 2.91 bits per heavy atom. The normalized spacial score (nSPS) is 55.4. The van der Waals surface area contributed by atoms with Gasteiger partial charge in [-0.05, 0) is 31.7 Å². The summed E-state index contributed by atoms with van der Waals surface area (Å²) in [5.41, 5.74) is 0.319. The van der Waals surface area contributed by atoms with Gasteiger partial charge in [0.2, 0.25) is 0 Å². The maximum Gasteiger partial charge on any atom is 0.0852 e. The lowest BCUT2D eigenvalue weighted by Crippen LogP contribution is -2.34. The molecule has 2 saturated heterocycles. The number of nitrogens with zero attached hydrogens (tertiary/aromatic N) is 1. The molecule has 2 heterocycles. The highest BCUT2D eigenvalue weighted by Gasteiger charge is 2.60. The largest absolute Gasteiger partial charge is 0.373 e. The quantitative estimate of drug-likeness (QED) is 0.508. The van der Waals surface area contributed by atoms with E-state index in [2.05, 4.69) is 11.9 Å². The van der Waals surface area contributed by atoms with Crippen molar-refractivity contribution >= 4 is 0 Å². The van der Waals surface area contributed by atoms with Crippen LogP contribution in [0.1, 0.15) is 12.8 Å². The van der Waals surface area contributed by atoms with Gasteiger partial charge in [0.25, 0.3) is 0 Å². The molecule has 0 N–H and O–H groups in total. The fraction of sp³-hybridized carbons (Fsp3) is 1.00. The van der Waals surface area contributed by atoms with E-state index >= 15 is 0 Å². The molecule has 3 atom stereocenters. The topological polar surface area (TPSA) is 12.5 Å². The molecule has 1 aliphatic carbocycles. The van der Waals surface area contributed by atoms with Gasteiger partial charge in [0.05, 0.1) is 12.2 Å². The van der Waals surface area contributed by atoms with Crippen molar-refractivity contribution in [3.05, 3.63) is 0 Å². The third-order valence-electron chi connectivity index (χ3n) is 3.64. The Balaban J connectivity index is 1.84. The first-order chi connectivity index (χ1) is 5.30. The van der Waals surface area contributed by atoms with Crippen LogP contribution in [0.2, 0.25) is 0 Å². The van der Waals surface area contributed by atoms with Crippen LogP contribution >= 0.6 is 0 Å². The molecule has 0 aromatic rings. The molecular formula is C9H15NO. The van der Waals surface area contributed by atoms with E-state index in [1.165, 1.54) is 25.9 Å². The van der Waals surface area contributed by atoms with Crippen molar-refractivity contribution in [3.63, 3.8) is 0 Å². The average molecular weight is 153 g/mol. The smallest absolute Gasteiger partial charge is 0.0852 e. The highest BCUT2D eigenvalue weighted by molar-refractivity contribution is 5.10. The zero-order chi connectivity index (χ0) is 7.47. The minimum absolute atomic E-state index is 0.319. The maximum absolute atomic E-state index is 5.89. The van der Waals surface area contributed by atoms with E-state index < -0.39 is 0 Å². The molecule has 2 heteroatoms. The third-order valence-corrected chi connectivity index (χ3v) is 3.64. The highest BCUT2D eigenvalue weighted by Crippen LogP contribution is 2.57. The first-order valence-corrected chi connectivity index (χ1v) is 4.63. The first-order valence-electron chi connectivity index (χ1n) is 4.63. The second-order valence-corrected chi connectivity index (χ2v) is 4.47. The number of hydrogen-bond acceptors (Lipinski definition) is 2. The number of fused-ring (bicyclic) bond motifs is 2. The van der Waals surface area contributed by atoms with Gasteiger partial charge < -0.3 is 9.64 Å². The van der Waals surface area contributed by atoms with Gasteiger partial charge in [0.1, 0.15) is 0 Å². The van der Waals surface area contributed by atoms with Gasteiger partial charge in [-0.1, -0.05) is 0 Å². The van der Waals surface area contributed by atoms with Gasteiger partial charge in [0, 0.05) is 13.1 Å². The van der Waals surface area contributed by atoms with E-state index in [-0.39, 0.29) is 0 Å². The van der Waals surface area contributed by atoms with Gasteiger partial charge in [-0.2, -0.15) is 0 Å². The van der Waals surface area contributed by atoms with Gasteiger partial charge >= 0.3 is 0 Å². The molecule has 62 valence electrons. The van der Waals surface area contributed by atoms with Crippen LogP contribution in [0.4, 0.5) is 0 Å². The van der Waals surface area contributed by atoms with Gasteiger partial charge in [-0.25, -0.2) is 0 Å². The number of hydrogen-bond donors (Lipinski definition) is 0. The summed E-state index contributed by atoms with van der Waals surface area (Å²) in [6.07, 6.45) is 2.73. The molecule has 0 aromatic heterocycles. The predicted molar refractivity (Wildman–Crippen MR) is 42.4 cm³/mol. The lowest BCUT2D eigenvalue weighted by Gasteiger charge is -2.24. The van der Waals surface area contributed by atoms with Crippen LogP contribution in [-0.4, -0.2) is 37.2 Å². The molecule has 1 saturated carbocycles. The van der Waals surface area contributed by atoms with Crippen molar-refractivity contribution in [3.8, 4) is 0 Å². The maximum atomic E-state index is 5.89. The Morgan fingerprint density at radius 1 is 1.55 bits per heavy atom. The number of rotatable bonds is 0. The highest BCUT2D eigenvalue weighted by atomic mass is 16.5.